The number of hydrogen-bond donors (Lipinski definition) is 1. The molecule has 1 N–H and O–H groups in total. The first-order valence-corrected chi connectivity index (χ1v) is 13.3. The van der Waals surface area contributed by atoms with E-state index in [1.165, 1.54) is 40.5 Å². The van der Waals surface area contributed by atoms with E-state index in [9.17, 15) is 19.1 Å². The van der Waals surface area contributed by atoms with E-state index in [-0.39, 0.29) is 16.9 Å². The largest absolute Gasteiger partial charge is 0.507 e. The van der Waals surface area contributed by atoms with E-state index in [0.717, 1.165) is 34.2 Å². The van der Waals surface area contributed by atoms with Crippen molar-refractivity contribution in [2.24, 2.45) is 0 Å². The van der Waals surface area contributed by atoms with E-state index in [0.29, 0.717) is 23.1 Å². The molecule has 3 aromatic carbocycles. The van der Waals surface area contributed by atoms with Crippen LogP contribution >= 0.6 is 11.3 Å². The van der Waals surface area contributed by atoms with Crippen LogP contribution in [0.15, 0.2) is 66.2 Å². The number of aryl methyl sites for hydroxylation is 2. The highest BCUT2D eigenvalue weighted by Crippen LogP contribution is 2.45. The number of carbonyl (C=O) groups excluding carboxylic acids is 2. The molecular weight excluding hydrogens is 503 g/mol. The fraction of sp³-hybridized carbons (Fsp3) is 0.233. The Balaban J connectivity index is 1.69. The fourth-order valence-electron chi connectivity index (χ4n) is 4.68. The molecule has 0 aliphatic carbocycles. The van der Waals surface area contributed by atoms with Crippen LogP contribution in [0, 0.1) is 19.7 Å². The number of benzene rings is 3. The number of ether oxygens (including phenoxy) is 1. The second kappa shape index (κ2) is 10.4. The number of nitrogens with zero attached hydrogens (tertiary/aromatic N) is 2. The Morgan fingerprint density at radius 3 is 2.61 bits per heavy atom. The number of thiazole rings is 1. The smallest absolute Gasteiger partial charge is 0.301 e. The van der Waals surface area contributed by atoms with E-state index >= 15 is 0 Å². The highest BCUT2D eigenvalue weighted by Gasteiger charge is 2.48. The second-order valence-corrected chi connectivity index (χ2v) is 10.4. The second-order valence-electron chi connectivity index (χ2n) is 9.38. The third-order valence-corrected chi connectivity index (χ3v) is 7.53. The molecule has 6 nitrogen and oxygen atoms in total. The van der Waals surface area contributed by atoms with Crippen LogP contribution in [0.1, 0.15) is 48.1 Å². The van der Waals surface area contributed by atoms with Crippen molar-refractivity contribution < 1.29 is 23.8 Å². The number of aliphatic hydroxyl groups excluding tert-OH is 1. The van der Waals surface area contributed by atoms with Gasteiger partial charge >= 0.3 is 5.91 Å². The lowest BCUT2D eigenvalue weighted by atomic mass is 9.95. The summed E-state index contributed by atoms with van der Waals surface area (Å²) < 4.78 is 20.4. The van der Waals surface area contributed by atoms with Crippen molar-refractivity contribution in [1.82, 2.24) is 4.98 Å². The number of carbonyl (C=O) groups is 2. The average Bonchev–Trinajstić information content (AvgIpc) is 3.43. The molecule has 4 aromatic rings. The summed E-state index contributed by atoms with van der Waals surface area (Å²) in [6.07, 6.45) is 1.87. The molecule has 1 atom stereocenters. The third-order valence-electron chi connectivity index (χ3n) is 6.53. The summed E-state index contributed by atoms with van der Waals surface area (Å²) in [5.74, 6) is -1.87. The first kappa shape index (κ1) is 25.6. The number of ketones is 1. The Labute approximate surface area is 224 Å². The van der Waals surface area contributed by atoms with E-state index in [4.69, 9.17) is 9.72 Å². The number of amides is 1. The Morgan fingerprint density at radius 2 is 1.87 bits per heavy atom. The summed E-state index contributed by atoms with van der Waals surface area (Å²) in [6.45, 7) is 6.55. The van der Waals surface area contributed by atoms with Gasteiger partial charge in [0.2, 0.25) is 0 Å². The molecule has 1 saturated heterocycles. The zero-order valence-electron chi connectivity index (χ0n) is 21.3. The Bertz CT molecular complexity index is 1580. The molecular formula is C30H27FN2O4S. The summed E-state index contributed by atoms with van der Waals surface area (Å²) >= 11 is 1.32. The number of halogens is 1. The number of hydrogen-bond acceptors (Lipinski definition) is 6. The summed E-state index contributed by atoms with van der Waals surface area (Å²) in [6, 6.07) is 15.4. The molecule has 0 saturated carbocycles. The van der Waals surface area contributed by atoms with Crippen molar-refractivity contribution in [3.05, 3.63) is 94.3 Å². The van der Waals surface area contributed by atoms with Gasteiger partial charge in [-0.25, -0.2) is 9.37 Å². The van der Waals surface area contributed by atoms with Gasteiger partial charge in [0.25, 0.3) is 5.78 Å². The molecule has 1 fully saturated rings. The number of aromatic nitrogens is 1. The topological polar surface area (TPSA) is 79.7 Å². The molecule has 1 aromatic heterocycles. The van der Waals surface area contributed by atoms with Crippen LogP contribution in [0.3, 0.4) is 0 Å². The van der Waals surface area contributed by atoms with Crippen LogP contribution < -0.4 is 9.64 Å². The highest BCUT2D eigenvalue weighted by atomic mass is 32.1. The van der Waals surface area contributed by atoms with Gasteiger partial charge in [-0.1, -0.05) is 42.9 Å². The summed E-state index contributed by atoms with van der Waals surface area (Å²) in [5.41, 5.74) is 3.53. The monoisotopic (exact) mass is 530 g/mol. The Hall–Kier alpha value is -4.04. The zero-order valence-corrected chi connectivity index (χ0v) is 22.1. The lowest BCUT2D eigenvalue weighted by Gasteiger charge is -2.23. The number of anilines is 1. The SMILES string of the molecule is CCCCOc1cccc(C2C(=C(O)c3ccc(F)cc3)C(=O)C(=O)N2c2nc3c(C)cc(C)cc3s2)c1. The van der Waals surface area contributed by atoms with Gasteiger partial charge in [0, 0.05) is 5.56 Å². The average molecular weight is 531 g/mol. The molecule has 1 amide bonds. The van der Waals surface area contributed by atoms with Crippen LogP contribution in [-0.4, -0.2) is 28.4 Å². The molecule has 194 valence electrons. The molecule has 0 spiro atoms. The normalized spacial score (nSPS) is 16.9. The molecule has 1 aliphatic rings. The molecule has 38 heavy (non-hydrogen) atoms. The maximum atomic E-state index is 13.6. The summed E-state index contributed by atoms with van der Waals surface area (Å²) in [5, 5.41) is 11.6. The minimum absolute atomic E-state index is 0.0838. The molecule has 5 rings (SSSR count). The summed E-state index contributed by atoms with van der Waals surface area (Å²) in [7, 11) is 0. The van der Waals surface area contributed by atoms with Gasteiger partial charge in [-0.2, -0.15) is 0 Å². The molecule has 8 heteroatoms. The highest BCUT2D eigenvalue weighted by molar-refractivity contribution is 7.22. The van der Waals surface area contributed by atoms with Crippen molar-refractivity contribution in [3.8, 4) is 5.75 Å². The van der Waals surface area contributed by atoms with E-state index in [2.05, 4.69) is 6.92 Å². The van der Waals surface area contributed by atoms with Crippen LogP contribution in [0.2, 0.25) is 0 Å². The predicted molar refractivity (Wildman–Crippen MR) is 147 cm³/mol. The number of Topliss-reactive ketones (excluding diaryl/α,β-unsaturated/α-hetero) is 1. The minimum Gasteiger partial charge on any atom is -0.507 e. The van der Waals surface area contributed by atoms with Crippen LogP contribution in [-0.2, 0) is 9.59 Å². The van der Waals surface area contributed by atoms with E-state index in [1.807, 2.05) is 32.0 Å². The number of rotatable bonds is 7. The third kappa shape index (κ3) is 4.67. The molecule has 0 radical (unpaired) electrons. The Morgan fingerprint density at radius 1 is 1.11 bits per heavy atom. The lowest BCUT2D eigenvalue weighted by molar-refractivity contribution is -0.132. The van der Waals surface area contributed by atoms with Gasteiger partial charge < -0.3 is 9.84 Å². The van der Waals surface area contributed by atoms with Crippen LogP contribution in [0.25, 0.3) is 16.0 Å². The maximum absolute atomic E-state index is 13.6. The van der Waals surface area contributed by atoms with E-state index < -0.39 is 23.5 Å². The van der Waals surface area contributed by atoms with E-state index in [1.54, 1.807) is 18.2 Å². The fourth-order valence-corrected chi connectivity index (χ4v) is 5.85. The first-order chi connectivity index (χ1) is 18.3. The van der Waals surface area contributed by atoms with Gasteiger partial charge in [-0.05, 0) is 79.4 Å². The number of aliphatic hydroxyl groups is 1. The van der Waals surface area contributed by atoms with Crippen molar-refractivity contribution in [2.45, 2.75) is 39.7 Å². The zero-order chi connectivity index (χ0) is 27.0. The van der Waals surface area contributed by atoms with Crippen molar-refractivity contribution in [1.29, 1.82) is 0 Å². The van der Waals surface area contributed by atoms with Gasteiger partial charge in [0.05, 0.1) is 28.4 Å². The van der Waals surface area contributed by atoms with Crippen molar-refractivity contribution in [3.63, 3.8) is 0 Å². The van der Waals surface area contributed by atoms with Gasteiger partial charge in [-0.15, -0.1) is 0 Å². The number of unbranched alkanes of at least 4 members (excludes halogenated alkanes) is 1. The lowest BCUT2D eigenvalue weighted by Crippen LogP contribution is -2.29. The standard InChI is InChI=1S/C30H27FN2O4S/c1-4-5-13-37-22-8-6-7-20(16-22)26-24(27(34)19-9-11-21(31)12-10-19)28(35)29(36)33(26)30-32-25-18(3)14-17(2)15-23(25)38-30/h6-12,14-16,26,34H,4-5,13H2,1-3H3. The first-order valence-electron chi connectivity index (χ1n) is 12.5. The predicted octanol–water partition coefficient (Wildman–Crippen LogP) is 6.86. The summed E-state index contributed by atoms with van der Waals surface area (Å²) in [4.78, 5) is 33.1. The molecule has 0 bridgehead atoms. The van der Waals surface area contributed by atoms with Crippen LogP contribution in [0.5, 0.6) is 5.75 Å². The molecule has 1 unspecified atom stereocenters. The molecule has 2 heterocycles. The van der Waals surface area contributed by atoms with Gasteiger partial charge in [-0.3, -0.25) is 14.5 Å². The quantitative estimate of drug-likeness (QED) is 0.122. The molecule has 1 aliphatic heterocycles. The van der Waals surface area contributed by atoms with Crippen molar-refractivity contribution in [2.75, 3.05) is 11.5 Å². The van der Waals surface area contributed by atoms with Gasteiger partial charge in [0.15, 0.2) is 5.13 Å². The maximum Gasteiger partial charge on any atom is 0.301 e. The van der Waals surface area contributed by atoms with Crippen molar-refractivity contribution >= 4 is 44.1 Å². The Kier molecular flexibility index (Phi) is 6.99. The van der Waals surface area contributed by atoms with Crippen LogP contribution in [0.4, 0.5) is 9.52 Å². The minimum atomic E-state index is -0.947. The van der Waals surface area contributed by atoms with Gasteiger partial charge in [0.1, 0.15) is 17.3 Å². The number of fused-ring (bicyclic) bond motifs is 1.